The van der Waals surface area contributed by atoms with Crippen LogP contribution < -0.4 is 16.2 Å². The van der Waals surface area contributed by atoms with Gasteiger partial charge >= 0.3 is 6.03 Å². The van der Waals surface area contributed by atoms with Gasteiger partial charge in [0.1, 0.15) is 11.4 Å². The number of likely N-dealkylation sites (tertiary alicyclic amines) is 1. The molecule has 0 bridgehead atoms. The Labute approximate surface area is 162 Å². The summed E-state index contributed by atoms with van der Waals surface area (Å²) in [5.41, 5.74) is 0.346. The zero-order valence-corrected chi connectivity index (χ0v) is 15.7. The fourth-order valence-electron chi connectivity index (χ4n) is 3.18. The van der Waals surface area contributed by atoms with Crippen LogP contribution in [0.25, 0.3) is 0 Å². The van der Waals surface area contributed by atoms with Crippen LogP contribution in [0.2, 0.25) is 0 Å². The first-order valence-electron chi connectivity index (χ1n) is 9.19. The van der Waals surface area contributed by atoms with Gasteiger partial charge in [-0.05, 0) is 55.2 Å². The highest BCUT2D eigenvalue weighted by molar-refractivity contribution is 5.93. The molecule has 2 aromatic rings. The molecule has 0 aliphatic carbocycles. The average Bonchev–Trinajstić information content (AvgIpc) is 2.70. The molecule has 0 atom stereocenters. The third-order valence-corrected chi connectivity index (χ3v) is 4.92. The van der Waals surface area contributed by atoms with Crippen molar-refractivity contribution in [3.05, 3.63) is 64.3 Å². The molecular weight excluding hydrogens is 363 g/mol. The van der Waals surface area contributed by atoms with Crippen LogP contribution in [0.15, 0.2) is 47.4 Å². The summed E-state index contributed by atoms with van der Waals surface area (Å²) in [4.78, 5) is 38.2. The van der Waals surface area contributed by atoms with Gasteiger partial charge in [0.15, 0.2) is 0 Å². The summed E-state index contributed by atoms with van der Waals surface area (Å²) < 4.78 is 14.3. The highest BCUT2D eigenvalue weighted by atomic mass is 19.1. The summed E-state index contributed by atoms with van der Waals surface area (Å²) in [6.07, 6.45) is 3.11. The van der Waals surface area contributed by atoms with Crippen LogP contribution in [0.1, 0.15) is 23.2 Å². The van der Waals surface area contributed by atoms with Crippen LogP contribution in [0.5, 0.6) is 0 Å². The molecule has 0 saturated carbocycles. The standard InChI is InChI=1S/C20H23FN4O3/c1-24-10-2-3-17(19(24)27)18(26)22-13-14-8-11-25(12-9-14)20(28)23-16-6-4-15(21)5-7-16/h2-7,10,14H,8-9,11-13H2,1H3,(H,22,26)(H,23,28). The van der Waals surface area contributed by atoms with Crippen LogP contribution in [0, 0.1) is 11.7 Å². The summed E-state index contributed by atoms with van der Waals surface area (Å²) in [5.74, 6) is -0.488. The first kappa shape index (κ1) is 19.6. The molecule has 0 spiro atoms. The average molecular weight is 386 g/mol. The number of carbonyl (C=O) groups is 2. The first-order chi connectivity index (χ1) is 13.4. The van der Waals surface area contributed by atoms with Crippen molar-refractivity contribution >= 4 is 17.6 Å². The number of nitrogens with zero attached hydrogens (tertiary/aromatic N) is 2. The Morgan fingerprint density at radius 3 is 2.50 bits per heavy atom. The molecule has 1 aromatic carbocycles. The Hall–Kier alpha value is -3.16. The number of halogens is 1. The molecular formula is C20H23FN4O3. The van der Waals surface area contributed by atoms with E-state index in [2.05, 4.69) is 10.6 Å². The Kier molecular flexibility index (Phi) is 6.08. The van der Waals surface area contributed by atoms with Crippen molar-refractivity contribution in [2.24, 2.45) is 13.0 Å². The lowest BCUT2D eigenvalue weighted by atomic mass is 9.97. The fourth-order valence-corrected chi connectivity index (χ4v) is 3.18. The monoisotopic (exact) mass is 386 g/mol. The zero-order valence-electron chi connectivity index (χ0n) is 15.7. The number of hydrogen-bond donors (Lipinski definition) is 2. The smallest absolute Gasteiger partial charge is 0.321 e. The summed E-state index contributed by atoms with van der Waals surface area (Å²) in [6, 6.07) is 8.58. The Balaban J connectivity index is 1.45. The van der Waals surface area contributed by atoms with E-state index >= 15 is 0 Å². The number of piperidine rings is 1. The van der Waals surface area contributed by atoms with Crippen molar-refractivity contribution < 1.29 is 14.0 Å². The molecule has 0 radical (unpaired) electrons. The lowest BCUT2D eigenvalue weighted by Crippen LogP contribution is -2.43. The molecule has 2 heterocycles. The van der Waals surface area contributed by atoms with E-state index < -0.39 is 0 Å². The largest absolute Gasteiger partial charge is 0.352 e. The first-order valence-corrected chi connectivity index (χ1v) is 9.19. The molecule has 3 rings (SSSR count). The van der Waals surface area contributed by atoms with Crippen LogP contribution in [-0.2, 0) is 7.05 Å². The van der Waals surface area contributed by atoms with Gasteiger partial charge in [0.2, 0.25) is 0 Å². The Morgan fingerprint density at radius 2 is 1.82 bits per heavy atom. The number of nitrogens with one attached hydrogen (secondary N) is 2. The van der Waals surface area contributed by atoms with Crippen molar-refractivity contribution in [2.75, 3.05) is 25.0 Å². The van der Waals surface area contributed by atoms with Crippen molar-refractivity contribution in [3.8, 4) is 0 Å². The number of anilines is 1. The molecule has 1 aliphatic rings. The fraction of sp³-hybridized carbons (Fsp3) is 0.350. The lowest BCUT2D eigenvalue weighted by molar-refractivity contribution is 0.0936. The van der Waals surface area contributed by atoms with Gasteiger partial charge in [-0.25, -0.2) is 9.18 Å². The van der Waals surface area contributed by atoms with Gasteiger partial charge in [-0.15, -0.1) is 0 Å². The minimum absolute atomic E-state index is 0.126. The van der Waals surface area contributed by atoms with Gasteiger partial charge in [0.25, 0.3) is 11.5 Å². The third kappa shape index (κ3) is 4.76. The molecule has 8 heteroatoms. The quantitative estimate of drug-likeness (QED) is 0.845. The van der Waals surface area contributed by atoms with E-state index in [9.17, 15) is 18.8 Å². The maximum Gasteiger partial charge on any atom is 0.321 e. The van der Waals surface area contributed by atoms with Crippen LogP contribution in [-0.4, -0.2) is 41.0 Å². The summed E-state index contributed by atoms with van der Waals surface area (Å²) >= 11 is 0. The minimum Gasteiger partial charge on any atom is -0.352 e. The predicted octanol–water partition coefficient (Wildman–Crippen LogP) is 2.20. The molecule has 3 amide bonds. The van der Waals surface area contributed by atoms with Gasteiger partial charge in [-0.2, -0.15) is 0 Å². The Morgan fingerprint density at radius 1 is 1.14 bits per heavy atom. The van der Waals surface area contributed by atoms with Gasteiger partial charge in [-0.1, -0.05) is 0 Å². The molecule has 1 fully saturated rings. The van der Waals surface area contributed by atoms with Crippen molar-refractivity contribution in [1.29, 1.82) is 0 Å². The van der Waals surface area contributed by atoms with E-state index in [0.717, 1.165) is 12.8 Å². The number of hydrogen-bond acceptors (Lipinski definition) is 3. The lowest BCUT2D eigenvalue weighted by Gasteiger charge is -2.32. The number of urea groups is 1. The van der Waals surface area contributed by atoms with Crippen molar-refractivity contribution in [3.63, 3.8) is 0 Å². The topological polar surface area (TPSA) is 83.4 Å². The second kappa shape index (κ2) is 8.69. The maximum atomic E-state index is 12.9. The number of amides is 3. The zero-order chi connectivity index (χ0) is 20.1. The molecule has 1 aliphatic heterocycles. The molecule has 0 unspecified atom stereocenters. The van der Waals surface area contributed by atoms with Crippen molar-refractivity contribution in [1.82, 2.24) is 14.8 Å². The SMILES string of the molecule is Cn1cccc(C(=O)NCC2CCN(C(=O)Nc3ccc(F)cc3)CC2)c1=O. The van der Waals surface area contributed by atoms with Crippen LogP contribution in [0.3, 0.4) is 0 Å². The van der Waals surface area contributed by atoms with Crippen molar-refractivity contribution in [2.45, 2.75) is 12.8 Å². The molecule has 1 aromatic heterocycles. The van der Waals surface area contributed by atoms with E-state index in [1.165, 1.54) is 34.9 Å². The second-order valence-electron chi connectivity index (χ2n) is 6.92. The number of rotatable bonds is 4. The minimum atomic E-state index is -0.377. The number of pyridine rings is 1. The third-order valence-electron chi connectivity index (χ3n) is 4.92. The van der Waals surface area contributed by atoms with E-state index in [4.69, 9.17) is 0 Å². The molecule has 2 N–H and O–H groups in total. The summed E-state index contributed by atoms with van der Waals surface area (Å²) in [5, 5.41) is 5.57. The van der Waals surface area contributed by atoms with Gasteiger partial charge in [0.05, 0.1) is 0 Å². The van der Waals surface area contributed by atoms with Gasteiger partial charge in [-0.3, -0.25) is 9.59 Å². The molecule has 28 heavy (non-hydrogen) atoms. The van der Waals surface area contributed by atoms with Crippen LogP contribution in [0.4, 0.5) is 14.9 Å². The summed E-state index contributed by atoms with van der Waals surface area (Å²) in [6.45, 7) is 1.60. The predicted molar refractivity (Wildman–Crippen MR) is 104 cm³/mol. The van der Waals surface area contributed by atoms with Crippen LogP contribution >= 0.6 is 0 Å². The van der Waals surface area contributed by atoms with E-state index in [0.29, 0.717) is 25.3 Å². The molecule has 1 saturated heterocycles. The molecule has 148 valence electrons. The number of aromatic nitrogens is 1. The second-order valence-corrected chi connectivity index (χ2v) is 6.92. The van der Waals surface area contributed by atoms with Gasteiger partial charge in [0, 0.05) is 38.6 Å². The van der Waals surface area contributed by atoms with Gasteiger partial charge < -0.3 is 20.1 Å². The number of benzene rings is 1. The summed E-state index contributed by atoms with van der Waals surface area (Å²) in [7, 11) is 1.60. The Bertz CT molecular complexity index is 902. The number of aryl methyl sites for hydroxylation is 1. The highest BCUT2D eigenvalue weighted by Crippen LogP contribution is 2.18. The normalized spacial score (nSPS) is 14.6. The maximum absolute atomic E-state index is 12.9. The molecule has 7 nitrogen and oxygen atoms in total. The van der Waals surface area contributed by atoms with E-state index in [1.54, 1.807) is 24.2 Å². The number of carbonyl (C=O) groups excluding carboxylic acids is 2. The van der Waals surface area contributed by atoms with E-state index in [-0.39, 0.29) is 34.8 Å². The van der Waals surface area contributed by atoms with E-state index in [1.807, 2.05) is 0 Å². The highest BCUT2D eigenvalue weighted by Gasteiger charge is 2.23.